The number of nitrogens with zero attached hydrogens (tertiary/aromatic N) is 1. The highest BCUT2D eigenvalue weighted by Gasteiger charge is 2.23. The Balaban J connectivity index is 1.56. The van der Waals surface area contributed by atoms with Crippen LogP contribution in [-0.2, 0) is 22.3 Å². The van der Waals surface area contributed by atoms with Crippen molar-refractivity contribution in [2.24, 2.45) is 0 Å². The highest BCUT2D eigenvalue weighted by Crippen LogP contribution is 2.34. The molecule has 0 spiro atoms. The second kappa shape index (κ2) is 8.13. The van der Waals surface area contributed by atoms with E-state index < -0.39 is 0 Å². The third-order valence-electron chi connectivity index (χ3n) is 5.36. The summed E-state index contributed by atoms with van der Waals surface area (Å²) in [4.78, 5) is 2.43. The zero-order chi connectivity index (χ0) is 16.9. The maximum Gasteiger partial charge on any atom is 0.108 e. The predicted molar refractivity (Wildman–Crippen MR) is 100.0 cm³/mol. The van der Waals surface area contributed by atoms with E-state index in [1.165, 1.54) is 28.7 Å². The first kappa shape index (κ1) is 16.8. The minimum Gasteiger partial charge on any atom is -0.379 e. The lowest BCUT2D eigenvalue weighted by atomic mass is 9.87. The summed E-state index contributed by atoms with van der Waals surface area (Å²) in [6.07, 6.45) is 3.52. The second-order valence-corrected chi connectivity index (χ2v) is 6.96. The monoisotopic (exact) mass is 337 g/mol. The highest BCUT2D eigenvalue weighted by atomic mass is 16.5. The number of hydrogen-bond acceptors (Lipinski definition) is 3. The molecule has 0 atom stereocenters. The van der Waals surface area contributed by atoms with Crippen molar-refractivity contribution < 1.29 is 9.47 Å². The van der Waals surface area contributed by atoms with Crippen molar-refractivity contribution in [1.29, 1.82) is 0 Å². The molecule has 132 valence electrons. The molecule has 1 aliphatic heterocycles. The summed E-state index contributed by atoms with van der Waals surface area (Å²) in [6.45, 7) is 5.45. The molecule has 1 fully saturated rings. The van der Waals surface area contributed by atoms with E-state index in [1.54, 1.807) is 0 Å². The minimum absolute atomic E-state index is 0.0498. The number of benzene rings is 2. The fraction of sp³-hybridized carbons (Fsp3) is 0.455. The van der Waals surface area contributed by atoms with Gasteiger partial charge in [-0.2, -0.15) is 0 Å². The van der Waals surface area contributed by atoms with Crippen LogP contribution in [0.2, 0.25) is 0 Å². The van der Waals surface area contributed by atoms with Gasteiger partial charge in [-0.15, -0.1) is 0 Å². The molecular formula is C22H27NO2. The summed E-state index contributed by atoms with van der Waals surface area (Å²) in [6, 6.07) is 17.6. The van der Waals surface area contributed by atoms with Crippen LogP contribution in [0.4, 0.5) is 0 Å². The van der Waals surface area contributed by atoms with Crippen molar-refractivity contribution in [2.75, 3.05) is 39.5 Å². The standard InChI is InChI=1S/C22H27NO2/c1-3-10-20-18(6-1)8-5-9-19-7-2-4-11-21(19)22(20)25-17-14-23-12-15-24-16-13-23/h1-4,6-7,10-11,22H,5,8-9,12-17H2. The molecule has 0 amide bonds. The van der Waals surface area contributed by atoms with Crippen molar-refractivity contribution in [2.45, 2.75) is 25.4 Å². The van der Waals surface area contributed by atoms with Crippen molar-refractivity contribution in [3.05, 3.63) is 70.8 Å². The molecule has 4 rings (SSSR count). The van der Waals surface area contributed by atoms with Gasteiger partial charge in [0.1, 0.15) is 6.10 Å². The topological polar surface area (TPSA) is 21.7 Å². The molecule has 0 bridgehead atoms. The third-order valence-corrected chi connectivity index (χ3v) is 5.36. The Morgan fingerprint density at radius 3 is 2.12 bits per heavy atom. The Bertz CT molecular complexity index is 646. The average molecular weight is 337 g/mol. The summed E-state index contributed by atoms with van der Waals surface area (Å²) in [7, 11) is 0. The molecular weight excluding hydrogens is 310 g/mol. The van der Waals surface area contributed by atoms with Gasteiger partial charge in [-0.3, -0.25) is 4.90 Å². The highest BCUT2D eigenvalue weighted by molar-refractivity contribution is 5.41. The van der Waals surface area contributed by atoms with Crippen molar-refractivity contribution in [1.82, 2.24) is 4.90 Å². The van der Waals surface area contributed by atoms with Gasteiger partial charge in [-0.25, -0.2) is 0 Å². The Hall–Kier alpha value is -1.68. The van der Waals surface area contributed by atoms with Gasteiger partial charge < -0.3 is 9.47 Å². The predicted octanol–water partition coefficient (Wildman–Crippen LogP) is 3.61. The largest absolute Gasteiger partial charge is 0.379 e. The first-order valence-electron chi connectivity index (χ1n) is 9.49. The van der Waals surface area contributed by atoms with Crippen LogP contribution < -0.4 is 0 Å². The summed E-state index contributed by atoms with van der Waals surface area (Å²) >= 11 is 0. The quantitative estimate of drug-likeness (QED) is 0.851. The zero-order valence-corrected chi connectivity index (χ0v) is 14.8. The normalized spacial score (nSPS) is 18.9. The van der Waals surface area contributed by atoms with Crippen molar-refractivity contribution in [3.63, 3.8) is 0 Å². The number of rotatable bonds is 4. The van der Waals surface area contributed by atoms with Crippen LogP contribution in [0.1, 0.15) is 34.8 Å². The van der Waals surface area contributed by atoms with E-state index >= 15 is 0 Å². The Labute approximate surface area is 150 Å². The number of fused-ring (bicyclic) bond motifs is 2. The molecule has 0 aromatic heterocycles. The number of hydrogen-bond donors (Lipinski definition) is 0. The summed E-state index contributed by atoms with van der Waals surface area (Å²) < 4.78 is 11.9. The summed E-state index contributed by atoms with van der Waals surface area (Å²) in [5.41, 5.74) is 5.56. The molecule has 0 N–H and O–H groups in total. The number of morpholine rings is 1. The molecule has 0 saturated carbocycles. The minimum atomic E-state index is 0.0498. The van der Waals surface area contributed by atoms with Crippen LogP contribution in [0.5, 0.6) is 0 Å². The fourth-order valence-electron chi connectivity index (χ4n) is 3.98. The number of aryl methyl sites for hydroxylation is 2. The van der Waals surface area contributed by atoms with Crippen molar-refractivity contribution >= 4 is 0 Å². The van der Waals surface area contributed by atoms with Crippen LogP contribution in [0.15, 0.2) is 48.5 Å². The summed E-state index contributed by atoms with van der Waals surface area (Å²) in [5.74, 6) is 0. The van der Waals surface area contributed by atoms with E-state index in [0.717, 1.165) is 52.3 Å². The molecule has 0 radical (unpaired) electrons. The molecule has 3 heteroatoms. The van der Waals surface area contributed by atoms with E-state index in [9.17, 15) is 0 Å². The van der Waals surface area contributed by atoms with E-state index in [-0.39, 0.29) is 6.10 Å². The van der Waals surface area contributed by atoms with Gasteiger partial charge in [0.15, 0.2) is 0 Å². The molecule has 1 aliphatic carbocycles. The lowest BCUT2D eigenvalue weighted by Gasteiger charge is -2.29. The molecule has 3 nitrogen and oxygen atoms in total. The molecule has 2 aromatic rings. The van der Waals surface area contributed by atoms with Crippen LogP contribution in [0, 0.1) is 0 Å². The van der Waals surface area contributed by atoms with E-state index in [2.05, 4.69) is 53.4 Å². The van der Waals surface area contributed by atoms with E-state index in [0.29, 0.717) is 0 Å². The molecule has 25 heavy (non-hydrogen) atoms. The lowest BCUT2D eigenvalue weighted by Crippen LogP contribution is -2.38. The van der Waals surface area contributed by atoms with E-state index in [1.807, 2.05) is 0 Å². The van der Waals surface area contributed by atoms with Gasteiger partial charge in [-0.05, 0) is 41.5 Å². The first-order valence-corrected chi connectivity index (χ1v) is 9.49. The Kier molecular flexibility index (Phi) is 5.46. The average Bonchev–Trinajstić information content (AvgIpc) is 2.66. The third kappa shape index (κ3) is 3.95. The van der Waals surface area contributed by atoms with E-state index in [4.69, 9.17) is 9.47 Å². The maximum absolute atomic E-state index is 6.49. The van der Waals surface area contributed by atoms with Gasteiger partial charge in [-0.1, -0.05) is 48.5 Å². The lowest BCUT2D eigenvalue weighted by molar-refractivity contribution is 0.00931. The molecule has 1 saturated heterocycles. The van der Waals surface area contributed by atoms with Gasteiger partial charge in [0.25, 0.3) is 0 Å². The maximum atomic E-state index is 6.49. The van der Waals surface area contributed by atoms with Gasteiger partial charge >= 0.3 is 0 Å². The van der Waals surface area contributed by atoms with Crippen LogP contribution >= 0.6 is 0 Å². The Morgan fingerprint density at radius 2 is 1.48 bits per heavy atom. The second-order valence-electron chi connectivity index (χ2n) is 6.96. The molecule has 2 aromatic carbocycles. The van der Waals surface area contributed by atoms with Gasteiger partial charge in [0.05, 0.1) is 19.8 Å². The first-order chi connectivity index (χ1) is 12.4. The molecule has 1 heterocycles. The summed E-state index contributed by atoms with van der Waals surface area (Å²) in [5, 5.41) is 0. The van der Waals surface area contributed by atoms with Gasteiger partial charge in [0.2, 0.25) is 0 Å². The van der Waals surface area contributed by atoms with Crippen LogP contribution in [0.25, 0.3) is 0 Å². The fourth-order valence-corrected chi connectivity index (χ4v) is 3.98. The van der Waals surface area contributed by atoms with Crippen LogP contribution in [-0.4, -0.2) is 44.4 Å². The zero-order valence-electron chi connectivity index (χ0n) is 14.8. The van der Waals surface area contributed by atoms with Gasteiger partial charge in [0, 0.05) is 19.6 Å². The molecule has 0 unspecified atom stereocenters. The number of ether oxygens (including phenoxy) is 2. The van der Waals surface area contributed by atoms with Crippen LogP contribution in [0.3, 0.4) is 0 Å². The van der Waals surface area contributed by atoms with Crippen molar-refractivity contribution in [3.8, 4) is 0 Å². The Morgan fingerprint density at radius 1 is 0.880 bits per heavy atom. The smallest absolute Gasteiger partial charge is 0.108 e. The SMILES string of the molecule is c1ccc2c(c1)CCCc1ccccc1C2OCCN1CCOCC1. The molecule has 2 aliphatic rings.